The lowest BCUT2D eigenvalue weighted by Gasteiger charge is -2.24. The van der Waals surface area contributed by atoms with E-state index in [0.717, 1.165) is 19.4 Å². The summed E-state index contributed by atoms with van der Waals surface area (Å²) in [4.78, 5) is 14.1. The SMILES string of the molecule is CNCCN(C)C(=O)C1(c2ccccc2F)CC1.Cl. The third-order valence-electron chi connectivity index (χ3n) is 3.59. The number of nitrogens with zero attached hydrogens (tertiary/aromatic N) is 1. The predicted octanol–water partition coefficient (Wildman–Crippen LogP) is 1.96. The van der Waals surface area contributed by atoms with Crippen LogP contribution in [0.2, 0.25) is 0 Å². The minimum absolute atomic E-state index is 0. The van der Waals surface area contributed by atoms with Crippen LogP contribution in [0.3, 0.4) is 0 Å². The molecule has 1 fully saturated rings. The van der Waals surface area contributed by atoms with Crippen LogP contribution >= 0.6 is 12.4 Å². The molecule has 0 heterocycles. The Morgan fingerprint density at radius 1 is 1.42 bits per heavy atom. The number of hydrogen-bond donors (Lipinski definition) is 1. The van der Waals surface area contributed by atoms with Crippen molar-refractivity contribution in [1.29, 1.82) is 0 Å². The van der Waals surface area contributed by atoms with Gasteiger partial charge in [0.05, 0.1) is 5.41 Å². The molecule has 0 radical (unpaired) electrons. The molecule has 1 N–H and O–H groups in total. The van der Waals surface area contributed by atoms with Gasteiger partial charge in [-0.3, -0.25) is 4.79 Å². The van der Waals surface area contributed by atoms with E-state index in [9.17, 15) is 9.18 Å². The highest BCUT2D eigenvalue weighted by atomic mass is 35.5. The zero-order valence-electron chi connectivity index (χ0n) is 11.3. The number of nitrogens with one attached hydrogen (secondary N) is 1. The van der Waals surface area contributed by atoms with E-state index < -0.39 is 5.41 Å². The highest BCUT2D eigenvalue weighted by molar-refractivity contribution is 5.91. The third-order valence-corrected chi connectivity index (χ3v) is 3.59. The van der Waals surface area contributed by atoms with E-state index >= 15 is 0 Å². The van der Waals surface area contributed by atoms with Crippen molar-refractivity contribution in [1.82, 2.24) is 10.2 Å². The highest BCUT2D eigenvalue weighted by Crippen LogP contribution is 2.50. The Hall–Kier alpha value is -1.13. The first-order valence-corrected chi connectivity index (χ1v) is 6.27. The molecule has 1 aromatic carbocycles. The largest absolute Gasteiger partial charge is 0.344 e. The lowest BCUT2D eigenvalue weighted by molar-refractivity contribution is -0.132. The van der Waals surface area contributed by atoms with Crippen LogP contribution in [-0.4, -0.2) is 38.0 Å². The lowest BCUT2D eigenvalue weighted by Crippen LogP contribution is -2.40. The second-order valence-corrected chi connectivity index (χ2v) is 4.89. The number of benzene rings is 1. The first kappa shape index (κ1) is 15.9. The Labute approximate surface area is 119 Å². The molecule has 3 nitrogen and oxygen atoms in total. The highest BCUT2D eigenvalue weighted by Gasteiger charge is 2.53. The molecule has 19 heavy (non-hydrogen) atoms. The molecule has 0 aromatic heterocycles. The van der Waals surface area contributed by atoms with Gasteiger partial charge in [0, 0.05) is 25.7 Å². The molecule has 5 heteroatoms. The molecule has 106 valence electrons. The summed E-state index contributed by atoms with van der Waals surface area (Å²) in [6, 6.07) is 6.60. The number of likely N-dealkylation sites (N-methyl/N-ethyl adjacent to an activating group) is 2. The van der Waals surface area contributed by atoms with E-state index in [1.165, 1.54) is 6.07 Å². The molecular formula is C14H20ClFN2O. The Balaban J connectivity index is 0.00000180. The first-order valence-electron chi connectivity index (χ1n) is 6.27. The number of carbonyl (C=O) groups excluding carboxylic acids is 1. The van der Waals surface area contributed by atoms with Gasteiger partial charge in [0.15, 0.2) is 0 Å². The van der Waals surface area contributed by atoms with Crippen molar-refractivity contribution in [2.45, 2.75) is 18.3 Å². The van der Waals surface area contributed by atoms with Crippen molar-refractivity contribution in [3.8, 4) is 0 Å². The summed E-state index contributed by atoms with van der Waals surface area (Å²) in [6.07, 6.45) is 1.49. The summed E-state index contributed by atoms with van der Waals surface area (Å²) in [7, 11) is 3.63. The van der Waals surface area contributed by atoms with E-state index in [2.05, 4.69) is 5.32 Å². The van der Waals surface area contributed by atoms with Gasteiger partial charge in [-0.25, -0.2) is 4.39 Å². The Bertz CT molecular complexity index is 449. The molecule has 0 aliphatic heterocycles. The summed E-state index contributed by atoms with van der Waals surface area (Å²) >= 11 is 0. The van der Waals surface area contributed by atoms with Crippen LogP contribution in [0.5, 0.6) is 0 Å². The second kappa shape index (κ2) is 6.35. The Morgan fingerprint density at radius 2 is 2.05 bits per heavy atom. The zero-order valence-corrected chi connectivity index (χ0v) is 12.1. The van der Waals surface area contributed by atoms with Gasteiger partial charge in [-0.15, -0.1) is 12.4 Å². The molecule has 1 aliphatic rings. The third kappa shape index (κ3) is 3.07. The van der Waals surface area contributed by atoms with Crippen LogP contribution in [0.15, 0.2) is 24.3 Å². The maximum absolute atomic E-state index is 13.8. The molecule has 1 aromatic rings. The number of hydrogen-bond acceptors (Lipinski definition) is 2. The molecule has 0 spiro atoms. The minimum atomic E-state index is -0.603. The van der Waals surface area contributed by atoms with Crippen molar-refractivity contribution >= 4 is 18.3 Å². The number of carbonyl (C=O) groups is 1. The van der Waals surface area contributed by atoms with E-state index in [-0.39, 0.29) is 24.1 Å². The average molecular weight is 287 g/mol. The topological polar surface area (TPSA) is 32.3 Å². The molecule has 0 bridgehead atoms. The second-order valence-electron chi connectivity index (χ2n) is 4.89. The minimum Gasteiger partial charge on any atom is -0.344 e. The van der Waals surface area contributed by atoms with E-state index in [1.54, 1.807) is 30.1 Å². The van der Waals surface area contributed by atoms with Crippen LogP contribution in [0.4, 0.5) is 4.39 Å². The number of halogens is 2. The fourth-order valence-corrected chi connectivity index (χ4v) is 2.32. The van der Waals surface area contributed by atoms with Gasteiger partial charge < -0.3 is 10.2 Å². The van der Waals surface area contributed by atoms with Gasteiger partial charge in [0.25, 0.3) is 0 Å². The first-order chi connectivity index (χ1) is 8.62. The molecule has 0 saturated heterocycles. The van der Waals surface area contributed by atoms with Crippen LogP contribution in [0.1, 0.15) is 18.4 Å². The molecule has 1 aliphatic carbocycles. The molecule has 1 saturated carbocycles. The van der Waals surface area contributed by atoms with E-state index in [0.29, 0.717) is 12.1 Å². The Kier molecular flexibility index (Phi) is 5.32. The van der Waals surface area contributed by atoms with Crippen molar-refractivity contribution in [2.24, 2.45) is 0 Å². The average Bonchev–Trinajstić information content (AvgIpc) is 3.17. The smallest absolute Gasteiger partial charge is 0.233 e. The molecule has 1 amide bonds. The lowest BCUT2D eigenvalue weighted by atomic mass is 9.94. The summed E-state index contributed by atoms with van der Waals surface area (Å²) in [5, 5.41) is 3.01. The summed E-state index contributed by atoms with van der Waals surface area (Å²) in [5.41, 5.74) is -0.0558. The van der Waals surface area contributed by atoms with Crippen molar-refractivity contribution in [3.63, 3.8) is 0 Å². The monoisotopic (exact) mass is 286 g/mol. The van der Waals surface area contributed by atoms with Crippen LogP contribution in [-0.2, 0) is 10.2 Å². The zero-order chi connectivity index (χ0) is 13.2. The van der Waals surface area contributed by atoms with E-state index in [1.807, 2.05) is 7.05 Å². The summed E-state index contributed by atoms with van der Waals surface area (Å²) in [5.74, 6) is -0.242. The normalized spacial score (nSPS) is 15.5. The molecule has 0 atom stereocenters. The number of amides is 1. The predicted molar refractivity (Wildman–Crippen MR) is 76.1 cm³/mol. The van der Waals surface area contributed by atoms with Crippen LogP contribution < -0.4 is 5.32 Å². The maximum atomic E-state index is 13.8. The van der Waals surface area contributed by atoms with Gasteiger partial charge in [0.2, 0.25) is 5.91 Å². The fourth-order valence-electron chi connectivity index (χ4n) is 2.32. The van der Waals surface area contributed by atoms with E-state index in [4.69, 9.17) is 0 Å². The van der Waals surface area contributed by atoms with Gasteiger partial charge in [0.1, 0.15) is 5.82 Å². The molecule has 0 unspecified atom stereocenters. The van der Waals surface area contributed by atoms with Gasteiger partial charge in [-0.05, 0) is 26.0 Å². The van der Waals surface area contributed by atoms with Gasteiger partial charge in [-0.2, -0.15) is 0 Å². The van der Waals surface area contributed by atoms with Crippen molar-refractivity contribution < 1.29 is 9.18 Å². The van der Waals surface area contributed by atoms with Crippen molar-refractivity contribution in [3.05, 3.63) is 35.6 Å². The Morgan fingerprint density at radius 3 is 2.58 bits per heavy atom. The van der Waals surface area contributed by atoms with Crippen LogP contribution in [0, 0.1) is 5.82 Å². The fraction of sp³-hybridized carbons (Fsp3) is 0.500. The van der Waals surface area contributed by atoms with Crippen LogP contribution in [0.25, 0.3) is 0 Å². The summed E-state index contributed by atoms with van der Waals surface area (Å²) in [6.45, 7) is 1.39. The maximum Gasteiger partial charge on any atom is 0.233 e. The molecular weight excluding hydrogens is 267 g/mol. The standard InChI is InChI=1S/C14H19FN2O.ClH/c1-16-9-10-17(2)13(18)14(7-8-14)11-5-3-4-6-12(11)15;/h3-6,16H,7-10H2,1-2H3;1H. The van der Waals surface area contributed by atoms with Crippen molar-refractivity contribution in [2.75, 3.05) is 27.2 Å². The quantitative estimate of drug-likeness (QED) is 0.897. The summed E-state index contributed by atoms with van der Waals surface area (Å²) < 4.78 is 13.8. The number of rotatable bonds is 5. The van der Waals surface area contributed by atoms with Gasteiger partial charge >= 0.3 is 0 Å². The molecule has 2 rings (SSSR count). The van der Waals surface area contributed by atoms with Gasteiger partial charge in [-0.1, -0.05) is 18.2 Å².